The summed E-state index contributed by atoms with van der Waals surface area (Å²) in [6.07, 6.45) is -0.00436. The van der Waals surface area contributed by atoms with Crippen LogP contribution in [0.15, 0.2) is 0 Å². The number of hydrogen-bond donors (Lipinski definition) is 2. The molecule has 1 amide bonds. The molecule has 1 heterocycles. The lowest BCUT2D eigenvalue weighted by atomic mass is 9.86. The Labute approximate surface area is 112 Å². The third-order valence-corrected chi connectivity index (χ3v) is 4.21. The zero-order valence-corrected chi connectivity index (χ0v) is 12.0. The molecule has 1 aliphatic heterocycles. The smallest absolute Gasteiger partial charge is 0.305 e. The fraction of sp³-hybridized carbons (Fsp3) is 0.833. The molecule has 5 nitrogen and oxygen atoms in total. The predicted molar refractivity (Wildman–Crippen MR) is 72.5 cm³/mol. The van der Waals surface area contributed by atoms with Crippen LogP contribution in [0, 0.1) is 5.41 Å². The first-order valence-electron chi connectivity index (χ1n) is 6.09. The molecular formula is C12H22N2O3S. The molecule has 1 fully saturated rings. The van der Waals surface area contributed by atoms with Crippen LogP contribution in [0.25, 0.3) is 0 Å². The van der Waals surface area contributed by atoms with Crippen molar-refractivity contribution in [1.82, 2.24) is 4.90 Å². The number of carboxylic acid groups (broad SMARTS) is 1. The maximum absolute atomic E-state index is 12.3. The molecule has 3 N–H and O–H groups in total. The monoisotopic (exact) mass is 274 g/mol. The molecule has 0 radical (unpaired) electrons. The van der Waals surface area contributed by atoms with Crippen molar-refractivity contribution in [1.29, 1.82) is 0 Å². The van der Waals surface area contributed by atoms with E-state index in [1.165, 1.54) is 0 Å². The third-order valence-electron chi connectivity index (χ3n) is 3.12. The maximum Gasteiger partial charge on any atom is 0.305 e. The van der Waals surface area contributed by atoms with Crippen LogP contribution in [-0.2, 0) is 9.59 Å². The van der Waals surface area contributed by atoms with E-state index in [0.29, 0.717) is 12.3 Å². The number of rotatable bonds is 3. The summed E-state index contributed by atoms with van der Waals surface area (Å²) in [5.74, 6) is 0.520. The van der Waals surface area contributed by atoms with Gasteiger partial charge in [-0.15, -0.1) is 0 Å². The predicted octanol–water partition coefficient (Wildman–Crippen LogP) is 0.778. The minimum Gasteiger partial charge on any atom is -0.481 e. The van der Waals surface area contributed by atoms with E-state index in [0.717, 1.165) is 5.75 Å². The number of hydrogen-bond acceptors (Lipinski definition) is 4. The molecule has 104 valence electrons. The van der Waals surface area contributed by atoms with E-state index < -0.39 is 12.0 Å². The van der Waals surface area contributed by atoms with Crippen LogP contribution in [0.5, 0.6) is 0 Å². The molecule has 1 rings (SSSR count). The van der Waals surface area contributed by atoms with Crippen LogP contribution in [0.4, 0.5) is 0 Å². The lowest BCUT2D eigenvalue weighted by Gasteiger charge is -2.38. The van der Waals surface area contributed by atoms with Gasteiger partial charge in [-0.25, -0.2) is 0 Å². The number of amides is 1. The van der Waals surface area contributed by atoms with Crippen molar-refractivity contribution in [2.75, 3.05) is 18.1 Å². The van der Waals surface area contributed by atoms with Gasteiger partial charge >= 0.3 is 5.97 Å². The quantitative estimate of drug-likeness (QED) is 0.794. The number of carbonyl (C=O) groups excluding carboxylic acids is 1. The number of aliphatic carboxylic acids is 1. The van der Waals surface area contributed by atoms with Gasteiger partial charge in [-0.05, 0) is 5.41 Å². The van der Waals surface area contributed by atoms with Crippen molar-refractivity contribution in [3.05, 3.63) is 0 Å². The highest BCUT2D eigenvalue weighted by Crippen LogP contribution is 2.24. The van der Waals surface area contributed by atoms with Crippen molar-refractivity contribution in [2.24, 2.45) is 11.1 Å². The van der Waals surface area contributed by atoms with E-state index in [1.807, 2.05) is 20.8 Å². The molecule has 0 aromatic heterocycles. The molecule has 0 spiro atoms. The minimum absolute atomic E-state index is 0.00436. The van der Waals surface area contributed by atoms with Gasteiger partial charge in [0.2, 0.25) is 5.91 Å². The van der Waals surface area contributed by atoms with Crippen molar-refractivity contribution >= 4 is 23.6 Å². The van der Waals surface area contributed by atoms with E-state index >= 15 is 0 Å². The molecule has 0 aliphatic carbocycles. The Morgan fingerprint density at radius 2 is 2.11 bits per heavy atom. The van der Waals surface area contributed by atoms with Gasteiger partial charge in [-0.2, -0.15) is 11.8 Å². The van der Waals surface area contributed by atoms with Crippen LogP contribution in [-0.4, -0.2) is 52.0 Å². The second-order valence-electron chi connectivity index (χ2n) is 5.70. The summed E-state index contributed by atoms with van der Waals surface area (Å²) in [4.78, 5) is 24.8. The van der Waals surface area contributed by atoms with Gasteiger partial charge in [0.15, 0.2) is 0 Å². The van der Waals surface area contributed by atoms with Gasteiger partial charge in [0.05, 0.1) is 18.5 Å². The average Bonchev–Trinajstić information content (AvgIpc) is 2.26. The summed E-state index contributed by atoms with van der Waals surface area (Å²) in [6.45, 7) is 6.34. The topological polar surface area (TPSA) is 83.6 Å². The number of thioether (sulfide) groups is 1. The fourth-order valence-corrected chi connectivity index (χ4v) is 2.93. The van der Waals surface area contributed by atoms with Crippen LogP contribution < -0.4 is 5.73 Å². The number of carbonyl (C=O) groups is 2. The SMILES string of the molecule is CC(C)(C)[C@@H](N)C(=O)N1CCSCC1CC(=O)O. The van der Waals surface area contributed by atoms with Crippen LogP contribution in [0.2, 0.25) is 0 Å². The van der Waals surface area contributed by atoms with Gasteiger partial charge < -0.3 is 15.7 Å². The van der Waals surface area contributed by atoms with Gasteiger partial charge in [0.25, 0.3) is 0 Å². The van der Waals surface area contributed by atoms with E-state index in [2.05, 4.69) is 0 Å². The Morgan fingerprint density at radius 3 is 2.61 bits per heavy atom. The van der Waals surface area contributed by atoms with Crippen LogP contribution >= 0.6 is 11.8 Å². The van der Waals surface area contributed by atoms with Crippen LogP contribution in [0.3, 0.4) is 0 Å². The average molecular weight is 274 g/mol. The fourth-order valence-electron chi connectivity index (χ4n) is 1.86. The highest BCUT2D eigenvalue weighted by molar-refractivity contribution is 7.99. The van der Waals surface area contributed by atoms with Gasteiger partial charge in [0.1, 0.15) is 0 Å². The Morgan fingerprint density at radius 1 is 1.50 bits per heavy atom. The molecule has 2 atom stereocenters. The van der Waals surface area contributed by atoms with Crippen molar-refractivity contribution in [3.63, 3.8) is 0 Å². The van der Waals surface area contributed by atoms with Gasteiger partial charge in [-0.1, -0.05) is 20.8 Å². The molecule has 0 aromatic carbocycles. The van der Waals surface area contributed by atoms with Crippen molar-refractivity contribution in [2.45, 2.75) is 39.3 Å². The Kier molecular flexibility index (Phi) is 5.04. The summed E-state index contributed by atoms with van der Waals surface area (Å²) in [7, 11) is 0. The summed E-state index contributed by atoms with van der Waals surface area (Å²) >= 11 is 1.69. The summed E-state index contributed by atoms with van der Waals surface area (Å²) in [6, 6.07) is -0.820. The van der Waals surface area contributed by atoms with Crippen molar-refractivity contribution in [3.8, 4) is 0 Å². The molecule has 18 heavy (non-hydrogen) atoms. The molecule has 0 saturated carbocycles. The number of carboxylic acids is 1. The molecule has 1 aliphatic rings. The Balaban J connectivity index is 2.77. The first-order chi connectivity index (χ1) is 8.23. The summed E-state index contributed by atoms with van der Waals surface area (Å²) < 4.78 is 0. The molecule has 1 saturated heterocycles. The first-order valence-corrected chi connectivity index (χ1v) is 7.24. The second kappa shape index (κ2) is 5.93. The highest BCUT2D eigenvalue weighted by Gasteiger charge is 2.36. The summed E-state index contributed by atoms with van der Waals surface area (Å²) in [5.41, 5.74) is 5.66. The number of nitrogens with two attached hydrogens (primary N) is 1. The van der Waals surface area contributed by atoms with Gasteiger partial charge in [-0.3, -0.25) is 9.59 Å². The minimum atomic E-state index is -0.871. The third kappa shape index (κ3) is 3.88. The van der Waals surface area contributed by atoms with E-state index in [9.17, 15) is 9.59 Å². The normalized spacial score (nSPS) is 22.7. The zero-order chi connectivity index (χ0) is 13.9. The Hall–Kier alpha value is -0.750. The molecule has 0 aromatic rings. The van der Waals surface area contributed by atoms with Crippen molar-refractivity contribution < 1.29 is 14.7 Å². The number of nitrogens with zero attached hydrogens (tertiary/aromatic N) is 1. The zero-order valence-electron chi connectivity index (χ0n) is 11.2. The molecule has 1 unspecified atom stereocenters. The highest BCUT2D eigenvalue weighted by atomic mass is 32.2. The lowest BCUT2D eigenvalue weighted by molar-refractivity contribution is -0.141. The van der Waals surface area contributed by atoms with E-state index in [1.54, 1.807) is 16.7 Å². The summed E-state index contributed by atoms with van der Waals surface area (Å²) in [5, 5.41) is 8.89. The van der Waals surface area contributed by atoms with Gasteiger partial charge in [0, 0.05) is 18.1 Å². The van der Waals surface area contributed by atoms with Crippen LogP contribution in [0.1, 0.15) is 27.2 Å². The van der Waals surface area contributed by atoms with E-state index in [4.69, 9.17) is 10.8 Å². The largest absolute Gasteiger partial charge is 0.481 e. The molecule has 0 bridgehead atoms. The Bertz CT molecular complexity index is 328. The maximum atomic E-state index is 12.3. The first kappa shape index (κ1) is 15.3. The standard InChI is InChI=1S/C12H22N2O3S/c1-12(2,3)10(13)11(17)14-4-5-18-7-8(14)6-9(15)16/h8,10H,4-7,13H2,1-3H3,(H,15,16)/t8?,10-/m0/s1. The molecule has 6 heteroatoms. The second-order valence-corrected chi connectivity index (χ2v) is 6.85. The van der Waals surface area contributed by atoms with E-state index in [-0.39, 0.29) is 23.8 Å². The lowest BCUT2D eigenvalue weighted by Crippen LogP contribution is -2.56. The molecular weight excluding hydrogens is 252 g/mol.